The van der Waals surface area contributed by atoms with Gasteiger partial charge in [-0.3, -0.25) is 9.48 Å². The average molecular weight is 181 g/mol. The van der Waals surface area contributed by atoms with Crippen LogP contribution in [0.4, 0.5) is 0 Å². The molecule has 0 spiro atoms. The van der Waals surface area contributed by atoms with E-state index in [-0.39, 0.29) is 5.78 Å². The Kier molecular flexibility index (Phi) is 3.64. The molecule has 0 saturated carbocycles. The number of ketones is 1. The van der Waals surface area contributed by atoms with Crippen LogP contribution in [0.1, 0.15) is 24.2 Å². The zero-order chi connectivity index (χ0) is 9.68. The number of likely N-dealkylation sites (N-methyl/N-ethyl adjacent to an activating group) is 1. The van der Waals surface area contributed by atoms with Gasteiger partial charge in [0.05, 0.1) is 18.3 Å². The molecule has 1 aromatic rings. The van der Waals surface area contributed by atoms with E-state index < -0.39 is 0 Å². The minimum Gasteiger partial charge on any atom is -0.310 e. The summed E-state index contributed by atoms with van der Waals surface area (Å²) in [6.07, 6.45) is 3.39. The van der Waals surface area contributed by atoms with E-state index in [0.717, 1.165) is 13.1 Å². The van der Waals surface area contributed by atoms with Crippen molar-refractivity contribution in [3.8, 4) is 0 Å². The smallest absolute Gasteiger partial charge is 0.179 e. The first-order valence-corrected chi connectivity index (χ1v) is 4.54. The highest BCUT2D eigenvalue weighted by Crippen LogP contribution is 1.98. The van der Waals surface area contributed by atoms with Crippen LogP contribution in [-0.4, -0.2) is 28.7 Å². The lowest BCUT2D eigenvalue weighted by molar-refractivity contribution is 0.0991. The van der Waals surface area contributed by atoms with Crippen molar-refractivity contribution in [1.29, 1.82) is 0 Å². The van der Waals surface area contributed by atoms with Crippen molar-refractivity contribution in [1.82, 2.24) is 15.1 Å². The second-order valence-electron chi connectivity index (χ2n) is 2.79. The van der Waals surface area contributed by atoms with Gasteiger partial charge in [-0.1, -0.05) is 6.92 Å². The monoisotopic (exact) mass is 181 g/mol. The third-order valence-corrected chi connectivity index (χ3v) is 1.81. The van der Waals surface area contributed by atoms with Crippen LogP contribution in [0.2, 0.25) is 0 Å². The van der Waals surface area contributed by atoms with E-state index in [1.165, 1.54) is 0 Å². The third kappa shape index (κ3) is 2.66. The molecule has 1 rings (SSSR count). The zero-order valence-corrected chi connectivity index (χ0v) is 8.08. The van der Waals surface area contributed by atoms with Crippen LogP contribution in [0.25, 0.3) is 0 Å². The molecule has 0 atom stereocenters. The van der Waals surface area contributed by atoms with Crippen LogP contribution >= 0.6 is 0 Å². The molecule has 4 nitrogen and oxygen atoms in total. The van der Waals surface area contributed by atoms with Gasteiger partial charge in [0.15, 0.2) is 5.78 Å². The van der Waals surface area contributed by atoms with Crippen molar-refractivity contribution in [3.63, 3.8) is 0 Å². The van der Waals surface area contributed by atoms with Crippen LogP contribution in [0, 0.1) is 0 Å². The Morgan fingerprint density at radius 3 is 2.92 bits per heavy atom. The van der Waals surface area contributed by atoms with E-state index in [1.807, 2.05) is 13.8 Å². The van der Waals surface area contributed by atoms with E-state index in [2.05, 4.69) is 10.4 Å². The first-order valence-electron chi connectivity index (χ1n) is 4.54. The molecule has 0 bridgehead atoms. The van der Waals surface area contributed by atoms with Gasteiger partial charge in [0.2, 0.25) is 0 Å². The van der Waals surface area contributed by atoms with Gasteiger partial charge in [-0.2, -0.15) is 5.10 Å². The van der Waals surface area contributed by atoms with Crippen LogP contribution in [0.15, 0.2) is 12.4 Å². The maximum absolute atomic E-state index is 11.4. The Morgan fingerprint density at radius 2 is 2.38 bits per heavy atom. The molecule has 0 aliphatic heterocycles. The number of rotatable bonds is 5. The third-order valence-electron chi connectivity index (χ3n) is 1.81. The lowest BCUT2D eigenvalue weighted by Crippen LogP contribution is -2.22. The molecule has 13 heavy (non-hydrogen) atoms. The van der Waals surface area contributed by atoms with Crippen molar-refractivity contribution < 1.29 is 4.79 Å². The largest absolute Gasteiger partial charge is 0.310 e. The number of aromatic nitrogens is 2. The number of hydrogen-bond donors (Lipinski definition) is 1. The van der Waals surface area contributed by atoms with Crippen LogP contribution in [0.3, 0.4) is 0 Å². The summed E-state index contributed by atoms with van der Waals surface area (Å²) in [4.78, 5) is 11.4. The molecule has 72 valence electrons. The number of aryl methyl sites for hydroxylation is 1. The molecule has 0 aliphatic rings. The topological polar surface area (TPSA) is 46.9 Å². The number of Topliss-reactive ketones (excluding diaryl/α,β-unsaturated/α-hetero) is 1. The molecule has 0 amide bonds. The minimum absolute atomic E-state index is 0.0987. The highest BCUT2D eigenvalue weighted by molar-refractivity contribution is 5.97. The van der Waals surface area contributed by atoms with Gasteiger partial charge in [-0.25, -0.2) is 0 Å². The molecular weight excluding hydrogens is 166 g/mol. The maximum Gasteiger partial charge on any atom is 0.179 e. The van der Waals surface area contributed by atoms with Gasteiger partial charge in [0, 0.05) is 12.7 Å². The summed E-state index contributed by atoms with van der Waals surface area (Å²) < 4.78 is 1.75. The van der Waals surface area contributed by atoms with Crippen molar-refractivity contribution in [3.05, 3.63) is 18.0 Å². The second kappa shape index (κ2) is 4.77. The highest BCUT2D eigenvalue weighted by Gasteiger charge is 2.06. The van der Waals surface area contributed by atoms with E-state index in [1.54, 1.807) is 17.1 Å². The van der Waals surface area contributed by atoms with Crippen LogP contribution in [-0.2, 0) is 6.54 Å². The fraction of sp³-hybridized carbons (Fsp3) is 0.556. The number of nitrogens with one attached hydrogen (secondary N) is 1. The van der Waals surface area contributed by atoms with Gasteiger partial charge in [-0.05, 0) is 13.5 Å². The summed E-state index contributed by atoms with van der Waals surface area (Å²) in [6, 6.07) is 0. The molecule has 0 saturated heterocycles. The van der Waals surface area contributed by atoms with Gasteiger partial charge in [-0.15, -0.1) is 0 Å². The maximum atomic E-state index is 11.4. The van der Waals surface area contributed by atoms with Crippen molar-refractivity contribution in [2.45, 2.75) is 20.4 Å². The van der Waals surface area contributed by atoms with Crippen LogP contribution < -0.4 is 5.32 Å². The fourth-order valence-corrected chi connectivity index (χ4v) is 1.02. The second-order valence-corrected chi connectivity index (χ2v) is 2.79. The summed E-state index contributed by atoms with van der Waals surface area (Å²) in [5.41, 5.74) is 0.683. The summed E-state index contributed by atoms with van der Waals surface area (Å²) in [5, 5.41) is 7.02. The van der Waals surface area contributed by atoms with Crippen molar-refractivity contribution >= 4 is 5.78 Å². The Morgan fingerprint density at radius 1 is 1.62 bits per heavy atom. The number of carbonyl (C=O) groups is 1. The van der Waals surface area contributed by atoms with E-state index in [9.17, 15) is 4.79 Å². The molecule has 0 fully saturated rings. The SMILES string of the molecule is CCNCC(=O)c1cnn(CC)c1. The highest BCUT2D eigenvalue weighted by atomic mass is 16.1. The summed E-state index contributed by atoms with van der Waals surface area (Å²) in [6.45, 7) is 5.97. The Labute approximate surface area is 77.9 Å². The number of nitrogens with zero attached hydrogens (tertiary/aromatic N) is 2. The molecular formula is C9H15N3O. The first-order chi connectivity index (χ1) is 6.27. The lowest BCUT2D eigenvalue weighted by atomic mass is 10.2. The van der Waals surface area contributed by atoms with Gasteiger partial charge in [0.1, 0.15) is 0 Å². The van der Waals surface area contributed by atoms with E-state index in [4.69, 9.17) is 0 Å². The fourth-order valence-electron chi connectivity index (χ4n) is 1.02. The van der Waals surface area contributed by atoms with E-state index in [0.29, 0.717) is 12.1 Å². The van der Waals surface area contributed by atoms with Crippen molar-refractivity contribution in [2.24, 2.45) is 0 Å². The standard InChI is InChI=1S/C9H15N3O/c1-3-10-6-9(13)8-5-11-12(4-2)7-8/h5,7,10H,3-4,6H2,1-2H3. The molecule has 1 N–H and O–H groups in total. The number of carbonyl (C=O) groups excluding carboxylic acids is 1. The predicted octanol–water partition coefficient (Wildman–Crippen LogP) is 0.695. The molecule has 1 heterocycles. The molecule has 0 aliphatic carbocycles. The van der Waals surface area contributed by atoms with Gasteiger partial charge < -0.3 is 5.32 Å². The Bertz CT molecular complexity index is 280. The zero-order valence-electron chi connectivity index (χ0n) is 8.08. The average Bonchev–Trinajstić information content (AvgIpc) is 2.62. The summed E-state index contributed by atoms with van der Waals surface area (Å²) in [5.74, 6) is 0.0987. The summed E-state index contributed by atoms with van der Waals surface area (Å²) in [7, 11) is 0. The number of hydrogen-bond acceptors (Lipinski definition) is 3. The van der Waals surface area contributed by atoms with Gasteiger partial charge in [0.25, 0.3) is 0 Å². The Hall–Kier alpha value is -1.16. The quantitative estimate of drug-likeness (QED) is 0.680. The molecule has 0 radical (unpaired) electrons. The Balaban J connectivity index is 2.55. The van der Waals surface area contributed by atoms with Crippen molar-refractivity contribution in [2.75, 3.05) is 13.1 Å². The van der Waals surface area contributed by atoms with Gasteiger partial charge >= 0.3 is 0 Å². The van der Waals surface area contributed by atoms with E-state index >= 15 is 0 Å². The normalized spacial score (nSPS) is 10.3. The molecule has 4 heteroatoms. The summed E-state index contributed by atoms with van der Waals surface area (Å²) >= 11 is 0. The lowest BCUT2D eigenvalue weighted by Gasteiger charge is -1.97. The molecule has 0 unspecified atom stereocenters. The molecule has 0 aromatic carbocycles. The first kappa shape index (κ1) is 9.92. The minimum atomic E-state index is 0.0987. The molecule has 1 aromatic heterocycles. The predicted molar refractivity (Wildman–Crippen MR) is 50.8 cm³/mol. The van der Waals surface area contributed by atoms with Crippen LogP contribution in [0.5, 0.6) is 0 Å².